The van der Waals surface area contributed by atoms with Gasteiger partial charge >= 0.3 is 0 Å². The number of hydrogen-bond acceptors (Lipinski definition) is 4. The molecule has 0 saturated carbocycles. The first-order valence-corrected chi connectivity index (χ1v) is 7.68. The van der Waals surface area contributed by atoms with E-state index >= 15 is 0 Å². The van der Waals surface area contributed by atoms with Gasteiger partial charge in [0.05, 0.1) is 21.3 Å². The van der Waals surface area contributed by atoms with Crippen molar-refractivity contribution in [2.24, 2.45) is 0 Å². The molecule has 1 unspecified atom stereocenters. The zero-order valence-corrected chi connectivity index (χ0v) is 14.0. The number of ether oxygens (including phenoxy) is 3. The average Bonchev–Trinajstić information content (AvgIpc) is 2.51. The molecule has 0 radical (unpaired) electrons. The van der Waals surface area contributed by atoms with Gasteiger partial charge in [-0.1, -0.05) is 26.2 Å². The van der Waals surface area contributed by atoms with Crippen LogP contribution >= 0.6 is 0 Å². The Morgan fingerprint density at radius 2 is 1.62 bits per heavy atom. The molecule has 1 rings (SSSR count). The standard InChI is InChI=1S/C17H29NO3/c1-6-7-8-9-13(2)18-12-14-10-15(19-3)17(21-5)16(11-14)20-4/h10-11,13,18H,6-9,12H2,1-5H3. The Hall–Kier alpha value is -1.42. The molecule has 0 saturated heterocycles. The van der Waals surface area contributed by atoms with Crippen molar-refractivity contribution in [3.05, 3.63) is 17.7 Å². The van der Waals surface area contributed by atoms with Crippen molar-refractivity contribution in [1.82, 2.24) is 5.32 Å². The molecule has 0 bridgehead atoms. The van der Waals surface area contributed by atoms with Crippen molar-refractivity contribution < 1.29 is 14.2 Å². The van der Waals surface area contributed by atoms with Gasteiger partial charge in [-0.2, -0.15) is 0 Å². The predicted octanol–water partition coefficient (Wildman–Crippen LogP) is 3.77. The molecule has 120 valence electrons. The van der Waals surface area contributed by atoms with Crippen molar-refractivity contribution in [2.45, 2.75) is 52.1 Å². The highest BCUT2D eigenvalue weighted by atomic mass is 16.5. The number of benzene rings is 1. The minimum absolute atomic E-state index is 0.510. The van der Waals surface area contributed by atoms with Gasteiger partial charge in [0.25, 0.3) is 0 Å². The van der Waals surface area contributed by atoms with Crippen molar-refractivity contribution in [1.29, 1.82) is 0 Å². The summed E-state index contributed by atoms with van der Waals surface area (Å²) in [5, 5.41) is 3.55. The van der Waals surface area contributed by atoms with E-state index < -0.39 is 0 Å². The van der Waals surface area contributed by atoms with Crippen molar-refractivity contribution in [3.8, 4) is 17.2 Å². The first-order valence-electron chi connectivity index (χ1n) is 7.68. The van der Waals surface area contributed by atoms with Gasteiger partial charge in [0, 0.05) is 12.6 Å². The Morgan fingerprint density at radius 3 is 2.10 bits per heavy atom. The summed E-state index contributed by atoms with van der Waals surface area (Å²) < 4.78 is 16.1. The molecule has 0 heterocycles. The SMILES string of the molecule is CCCCCC(C)NCc1cc(OC)c(OC)c(OC)c1. The van der Waals surface area contributed by atoms with Crippen molar-refractivity contribution in [3.63, 3.8) is 0 Å². The Morgan fingerprint density at radius 1 is 1.00 bits per heavy atom. The lowest BCUT2D eigenvalue weighted by molar-refractivity contribution is 0.323. The molecule has 0 spiro atoms. The zero-order valence-electron chi connectivity index (χ0n) is 14.0. The van der Waals surface area contributed by atoms with Gasteiger partial charge in [0.15, 0.2) is 11.5 Å². The minimum Gasteiger partial charge on any atom is -0.493 e. The maximum absolute atomic E-state index is 5.37. The zero-order chi connectivity index (χ0) is 15.7. The molecule has 21 heavy (non-hydrogen) atoms. The Balaban J connectivity index is 2.66. The Bertz CT molecular complexity index is 395. The molecular formula is C17H29NO3. The summed E-state index contributed by atoms with van der Waals surface area (Å²) in [5.74, 6) is 2.04. The van der Waals surface area contributed by atoms with E-state index in [9.17, 15) is 0 Å². The van der Waals surface area contributed by atoms with E-state index in [1.807, 2.05) is 12.1 Å². The third-order valence-corrected chi connectivity index (χ3v) is 3.62. The van der Waals surface area contributed by atoms with E-state index in [1.165, 1.54) is 25.7 Å². The maximum Gasteiger partial charge on any atom is 0.203 e. The quantitative estimate of drug-likeness (QED) is 0.667. The maximum atomic E-state index is 5.37. The highest BCUT2D eigenvalue weighted by molar-refractivity contribution is 5.53. The molecule has 0 aliphatic heterocycles. The third-order valence-electron chi connectivity index (χ3n) is 3.62. The number of rotatable bonds is 10. The molecule has 0 fully saturated rings. The van der Waals surface area contributed by atoms with Crippen LogP contribution in [0.2, 0.25) is 0 Å². The lowest BCUT2D eigenvalue weighted by Gasteiger charge is -2.17. The Kier molecular flexibility index (Phi) is 7.98. The molecule has 4 heteroatoms. The monoisotopic (exact) mass is 295 g/mol. The van der Waals surface area contributed by atoms with Crippen LogP contribution in [0.3, 0.4) is 0 Å². The normalized spacial score (nSPS) is 12.0. The summed E-state index contributed by atoms with van der Waals surface area (Å²) in [6.45, 7) is 5.26. The molecule has 1 aromatic rings. The molecular weight excluding hydrogens is 266 g/mol. The first-order chi connectivity index (χ1) is 10.2. The topological polar surface area (TPSA) is 39.7 Å². The van der Waals surface area contributed by atoms with Gasteiger partial charge in [-0.05, 0) is 31.0 Å². The van der Waals surface area contributed by atoms with E-state index in [-0.39, 0.29) is 0 Å². The number of hydrogen-bond donors (Lipinski definition) is 1. The van der Waals surface area contributed by atoms with E-state index in [4.69, 9.17) is 14.2 Å². The summed E-state index contributed by atoms with van der Waals surface area (Å²) in [4.78, 5) is 0. The highest BCUT2D eigenvalue weighted by Crippen LogP contribution is 2.38. The van der Waals surface area contributed by atoms with E-state index in [2.05, 4.69) is 19.2 Å². The van der Waals surface area contributed by atoms with Gasteiger partial charge in [-0.3, -0.25) is 0 Å². The fourth-order valence-electron chi connectivity index (χ4n) is 2.33. The van der Waals surface area contributed by atoms with Crippen LogP contribution in [0.25, 0.3) is 0 Å². The molecule has 0 aliphatic rings. The second-order valence-corrected chi connectivity index (χ2v) is 5.31. The second-order valence-electron chi connectivity index (χ2n) is 5.31. The van der Waals surface area contributed by atoms with Crippen LogP contribution in [0.15, 0.2) is 12.1 Å². The van der Waals surface area contributed by atoms with Gasteiger partial charge in [0.2, 0.25) is 5.75 Å². The van der Waals surface area contributed by atoms with Crippen LogP contribution in [-0.4, -0.2) is 27.4 Å². The van der Waals surface area contributed by atoms with Crippen LogP contribution < -0.4 is 19.5 Å². The van der Waals surface area contributed by atoms with Crippen molar-refractivity contribution in [2.75, 3.05) is 21.3 Å². The third kappa shape index (κ3) is 5.46. The highest BCUT2D eigenvalue weighted by Gasteiger charge is 2.13. The molecule has 0 aromatic heterocycles. The molecule has 0 amide bonds. The van der Waals surface area contributed by atoms with E-state index in [0.29, 0.717) is 23.3 Å². The van der Waals surface area contributed by atoms with E-state index in [0.717, 1.165) is 12.1 Å². The van der Waals surface area contributed by atoms with Crippen LogP contribution in [0.1, 0.15) is 45.1 Å². The van der Waals surface area contributed by atoms with Crippen LogP contribution in [0, 0.1) is 0 Å². The lowest BCUT2D eigenvalue weighted by Crippen LogP contribution is -2.25. The van der Waals surface area contributed by atoms with Crippen LogP contribution in [0.4, 0.5) is 0 Å². The number of unbranched alkanes of at least 4 members (excludes halogenated alkanes) is 2. The van der Waals surface area contributed by atoms with Crippen LogP contribution in [0.5, 0.6) is 17.2 Å². The molecule has 1 aromatic carbocycles. The van der Waals surface area contributed by atoms with Crippen LogP contribution in [-0.2, 0) is 6.54 Å². The summed E-state index contributed by atoms with van der Waals surface area (Å²) in [5.41, 5.74) is 1.13. The summed E-state index contributed by atoms with van der Waals surface area (Å²) in [6, 6.07) is 4.50. The fraction of sp³-hybridized carbons (Fsp3) is 0.647. The summed E-state index contributed by atoms with van der Waals surface area (Å²) in [7, 11) is 4.90. The minimum atomic E-state index is 0.510. The molecule has 0 aliphatic carbocycles. The predicted molar refractivity (Wildman–Crippen MR) is 86.5 cm³/mol. The largest absolute Gasteiger partial charge is 0.493 e. The first kappa shape index (κ1) is 17.6. The van der Waals surface area contributed by atoms with Gasteiger partial charge in [0.1, 0.15) is 0 Å². The van der Waals surface area contributed by atoms with Gasteiger partial charge in [-0.25, -0.2) is 0 Å². The van der Waals surface area contributed by atoms with Crippen molar-refractivity contribution >= 4 is 0 Å². The molecule has 4 nitrogen and oxygen atoms in total. The van der Waals surface area contributed by atoms with Gasteiger partial charge < -0.3 is 19.5 Å². The lowest BCUT2D eigenvalue weighted by atomic mass is 10.1. The average molecular weight is 295 g/mol. The summed E-state index contributed by atoms with van der Waals surface area (Å²) >= 11 is 0. The molecule has 1 N–H and O–H groups in total. The Labute approximate surface area is 128 Å². The molecule has 1 atom stereocenters. The second kappa shape index (κ2) is 9.50. The summed E-state index contributed by atoms with van der Waals surface area (Å²) in [6.07, 6.45) is 5.05. The van der Waals surface area contributed by atoms with Gasteiger partial charge in [-0.15, -0.1) is 0 Å². The smallest absolute Gasteiger partial charge is 0.203 e. The number of nitrogens with one attached hydrogen (secondary N) is 1. The fourth-order valence-corrected chi connectivity index (χ4v) is 2.33. The number of methoxy groups -OCH3 is 3. The van der Waals surface area contributed by atoms with E-state index in [1.54, 1.807) is 21.3 Å².